The fourth-order valence-corrected chi connectivity index (χ4v) is 3.16. The van der Waals surface area contributed by atoms with Gasteiger partial charge in [-0.3, -0.25) is 0 Å². The molecule has 0 aliphatic carbocycles. The number of hydrogen-bond acceptors (Lipinski definition) is 4. The van der Waals surface area contributed by atoms with Crippen LogP contribution in [0.25, 0.3) is 0 Å². The summed E-state index contributed by atoms with van der Waals surface area (Å²) in [5.41, 5.74) is 0.698. The number of halogens is 2. The van der Waals surface area contributed by atoms with Gasteiger partial charge in [-0.05, 0) is 25.1 Å². The standard InChI is InChI=1S/C14H15Cl2NO2S/c1-8(12-3-4-13(16)20-12)17-7-9-5-10(15)6-11(19-2)14(9)18/h3-6,8,17-18H,7H2,1-2H3. The van der Waals surface area contributed by atoms with Crippen LogP contribution in [0.2, 0.25) is 9.36 Å². The topological polar surface area (TPSA) is 41.5 Å². The van der Waals surface area contributed by atoms with Gasteiger partial charge in [-0.2, -0.15) is 0 Å². The monoisotopic (exact) mass is 331 g/mol. The van der Waals surface area contributed by atoms with Crippen molar-refractivity contribution >= 4 is 34.5 Å². The molecule has 0 saturated carbocycles. The second kappa shape index (κ2) is 6.68. The lowest BCUT2D eigenvalue weighted by atomic mass is 10.1. The number of rotatable bonds is 5. The van der Waals surface area contributed by atoms with E-state index in [0.717, 1.165) is 9.21 Å². The molecule has 1 atom stereocenters. The Hall–Kier alpha value is -0.940. The Bertz CT molecular complexity index is 601. The average molecular weight is 332 g/mol. The highest BCUT2D eigenvalue weighted by Gasteiger charge is 2.12. The molecular formula is C14H15Cl2NO2S. The van der Waals surface area contributed by atoms with E-state index in [2.05, 4.69) is 5.32 Å². The van der Waals surface area contributed by atoms with Crippen LogP contribution in [0.4, 0.5) is 0 Å². The predicted octanol–water partition coefficient (Wildman–Crippen LogP) is 4.62. The average Bonchev–Trinajstić information content (AvgIpc) is 2.85. The number of methoxy groups -OCH3 is 1. The van der Waals surface area contributed by atoms with Crippen LogP contribution in [-0.4, -0.2) is 12.2 Å². The van der Waals surface area contributed by atoms with Gasteiger partial charge >= 0.3 is 0 Å². The summed E-state index contributed by atoms with van der Waals surface area (Å²) in [4.78, 5) is 1.14. The third-order valence-electron chi connectivity index (χ3n) is 2.96. The van der Waals surface area contributed by atoms with E-state index in [1.807, 2.05) is 19.1 Å². The van der Waals surface area contributed by atoms with Crippen LogP contribution in [0.15, 0.2) is 24.3 Å². The highest BCUT2D eigenvalue weighted by molar-refractivity contribution is 7.16. The van der Waals surface area contributed by atoms with Crippen LogP contribution in [-0.2, 0) is 6.54 Å². The number of hydrogen-bond donors (Lipinski definition) is 2. The molecule has 0 aliphatic rings. The van der Waals surface area contributed by atoms with E-state index in [9.17, 15) is 5.11 Å². The van der Waals surface area contributed by atoms with Gasteiger partial charge < -0.3 is 15.2 Å². The molecule has 2 N–H and O–H groups in total. The largest absolute Gasteiger partial charge is 0.504 e. The Kier molecular flexibility index (Phi) is 5.16. The van der Waals surface area contributed by atoms with Gasteiger partial charge in [0.15, 0.2) is 11.5 Å². The summed E-state index contributed by atoms with van der Waals surface area (Å²) in [6.07, 6.45) is 0. The van der Waals surface area contributed by atoms with E-state index in [1.54, 1.807) is 12.1 Å². The molecule has 1 aromatic heterocycles. The summed E-state index contributed by atoms with van der Waals surface area (Å²) in [7, 11) is 1.50. The van der Waals surface area contributed by atoms with E-state index < -0.39 is 0 Å². The molecule has 0 aliphatic heterocycles. The van der Waals surface area contributed by atoms with E-state index in [4.69, 9.17) is 27.9 Å². The molecule has 2 rings (SSSR count). The molecule has 1 unspecified atom stereocenters. The van der Waals surface area contributed by atoms with Crippen LogP contribution in [0.5, 0.6) is 11.5 Å². The minimum Gasteiger partial charge on any atom is -0.504 e. The smallest absolute Gasteiger partial charge is 0.162 e. The Morgan fingerprint density at radius 3 is 2.70 bits per heavy atom. The molecule has 2 aromatic rings. The second-order valence-electron chi connectivity index (χ2n) is 4.36. The molecule has 0 fully saturated rings. The highest BCUT2D eigenvalue weighted by atomic mass is 35.5. The molecule has 0 amide bonds. The zero-order chi connectivity index (χ0) is 14.7. The second-order valence-corrected chi connectivity index (χ2v) is 6.54. The van der Waals surface area contributed by atoms with Gasteiger partial charge in [-0.15, -0.1) is 11.3 Å². The highest BCUT2D eigenvalue weighted by Crippen LogP contribution is 2.34. The first kappa shape index (κ1) is 15.4. The summed E-state index contributed by atoms with van der Waals surface area (Å²) in [5, 5.41) is 13.9. The number of aromatic hydroxyl groups is 1. The van der Waals surface area contributed by atoms with Crippen LogP contribution in [0.1, 0.15) is 23.4 Å². The Labute approximate surface area is 132 Å². The van der Waals surface area contributed by atoms with Crippen molar-refractivity contribution in [1.82, 2.24) is 5.32 Å². The summed E-state index contributed by atoms with van der Waals surface area (Å²) >= 11 is 13.5. The summed E-state index contributed by atoms with van der Waals surface area (Å²) in [6, 6.07) is 7.31. The summed E-state index contributed by atoms with van der Waals surface area (Å²) in [6.45, 7) is 2.53. The van der Waals surface area contributed by atoms with Gasteiger partial charge in [0, 0.05) is 34.1 Å². The molecule has 0 spiro atoms. The quantitative estimate of drug-likeness (QED) is 0.839. The van der Waals surface area contributed by atoms with Gasteiger partial charge in [-0.25, -0.2) is 0 Å². The molecule has 20 heavy (non-hydrogen) atoms. The lowest BCUT2D eigenvalue weighted by Gasteiger charge is -2.14. The number of phenols is 1. The minimum absolute atomic E-state index is 0.112. The Balaban J connectivity index is 2.09. The molecule has 108 valence electrons. The van der Waals surface area contributed by atoms with Crippen molar-refractivity contribution in [2.45, 2.75) is 19.5 Å². The van der Waals surface area contributed by atoms with Crippen molar-refractivity contribution in [2.75, 3.05) is 7.11 Å². The first-order valence-corrected chi connectivity index (χ1v) is 7.62. The number of nitrogens with one attached hydrogen (secondary N) is 1. The van der Waals surface area contributed by atoms with Crippen molar-refractivity contribution in [1.29, 1.82) is 0 Å². The van der Waals surface area contributed by atoms with E-state index in [0.29, 0.717) is 22.9 Å². The number of ether oxygens (including phenoxy) is 1. The molecule has 3 nitrogen and oxygen atoms in total. The summed E-state index contributed by atoms with van der Waals surface area (Å²) in [5.74, 6) is 0.488. The molecule has 0 radical (unpaired) electrons. The van der Waals surface area contributed by atoms with Crippen LogP contribution in [0.3, 0.4) is 0 Å². The summed E-state index contributed by atoms with van der Waals surface area (Å²) < 4.78 is 5.85. The lowest BCUT2D eigenvalue weighted by Crippen LogP contribution is -2.17. The van der Waals surface area contributed by atoms with Crippen LogP contribution >= 0.6 is 34.5 Å². The van der Waals surface area contributed by atoms with Crippen molar-refractivity contribution in [3.8, 4) is 11.5 Å². The fourth-order valence-electron chi connectivity index (χ4n) is 1.84. The minimum atomic E-state index is 0.112. The molecule has 0 bridgehead atoms. The number of benzene rings is 1. The molecule has 1 aromatic carbocycles. The third-order valence-corrected chi connectivity index (χ3v) is 4.59. The van der Waals surface area contributed by atoms with Gasteiger partial charge in [-0.1, -0.05) is 23.2 Å². The number of thiophene rings is 1. The van der Waals surface area contributed by atoms with Gasteiger partial charge in [0.2, 0.25) is 0 Å². The Morgan fingerprint density at radius 2 is 2.10 bits per heavy atom. The van der Waals surface area contributed by atoms with Gasteiger partial charge in [0.1, 0.15) is 0 Å². The first-order chi connectivity index (χ1) is 9.51. The van der Waals surface area contributed by atoms with Crippen LogP contribution < -0.4 is 10.1 Å². The van der Waals surface area contributed by atoms with E-state index in [1.165, 1.54) is 18.4 Å². The van der Waals surface area contributed by atoms with Crippen LogP contribution in [0, 0.1) is 0 Å². The maximum absolute atomic E-state index is 10.1. The van der Waals surface area contributed by atoms with Crippen molar-refractivity contribution < 1.29 is 9.84 Å². The predicted molar refractivity (Wildman–Crippen MR) is 84.3 cm³/mol. The van der Waals surface area contributed by atoms with Gasteiger partial charge in [0.25, 0.3) is 0 Å². The molecule has 6 heteroatoms. The zero-order valence-electron chi connectivity index (χ0n) is 11.1. The zero-order valence-corrected chi connectivity index (χ0v) is 13.4. The van der Waals surface area contributed by atoms with Crippen molar-refractivity contribution in [3.63, 3.8) is 0 Å². The van der Waals surface area contributed by atoms with E-state index >= 15 is 0 Å². The van der Waals surface area contributed by atoms with Gasteiger partial charge in [0.05, 0.1) is 11.4 Å². The molecule has 0 saturated heterocycles. The Morgan fingerprint density at radius 1 is 1.35 bits per heavy atom. The number of phenolic OH excluding ortho intramolecular Hbond substituents is 1. The maximum atomic E-state index is 10.1. The normalized spacial score (nSPS) is 12.4. The van der Waals surface area contributed by atoms with Crippen molar-refractivity contribution in [3.05, 3.63) is 44.1 Å². The maximum Gasteiger partial charge on any atom is 0.162 e. The fraction of sp³-hybridized carbons (Fsp3) is 0.286. The first-order valence-electron chi connectivity index (χ1n) is 6.05. The molecule has 1 heterocycles. The lowest BCUT2D eigenvalue weighted by molar-refractivity contribution is 0.369. The van der Waals surface area contributed by atoms with Crippen molar-refractivity contribution in [2.24, 2.45) is 0 Å². The van der Waals surface area contributed by atoms with E-state index in [-0.39, 0.29) is 11.8 Å². The SMILES string of the molecule is COc1cc(Cl)cc(CNC(C)c2ccc(Cl)s2)c1O. The molecular weight excluding hydrogens is 317 g/mol. The third kappa shape index (κ3) is 3.58.